The van der Waals surface area contributed by atoms with Crippen molar-refractivity contribution in [3.63, 3.8) is 0 Å². The summed E-state index contributed by atoms with van der Waals surface area (Å²) >= 11 is 6.80. The summed E-state index contributed by atoms with van der Waals surface area (Å²) in [5.41, 5.74) is 1.70. The van der Waals surface area contributed by atoms with E-state index < -0.39 is 6.36 Å². The average molecular weight is 519 g/mol. The van der Waals surface area contributed by atoms with E-state index in [1.165, 1.54) is 36.0 Å². The molecular formula is C24H21F3N4O2S2. The van der Waals surface area contributed by atoms with Gasteiger partial charge in [-0.3, -0.25) is 9.78 Å². The molecule has 4 rings (SSSR count). The molecule has 0 unspecified atom stereocenters. The number of pyridine rings is 1. The van der Waals surface area contributed by atoms with E-state index in [4.69, 9.17) is 12.2 Å². The Morgan fingerprint density at radius 2 is 1.54 bits per heavy atom. The van der Waals surface area contributed by atoms with Crippen molar-refractivity contribution in [3.8, 4) is 5.75 Å². The lowest BCUT2D eigenvalue weighted by Gasteiger charge is -2.14. The molecule has 2 aromatic carbocycles. The predicted octanol–water partition coefficient (Wildman–Crippen LogP) is 6.18. The van der Waals surface area contributed by atoms with Gasteiger partial charge in [0.15, 0.2) is 5.11 Å². The molecule has 0 atom stereocenters. The summed E-state index contributed by atoms with van der Waals surface area (Å²) in [7, 11) is 0. The molecular weight excluding hydrogens is 497 g/mol. The van der Waals surface area contributed by atoms with Crippen LogP contribution in [-0.4, -0.2) is 40.4 Å². The minimum atomic E-state index is -4.74. The highest BCUT2D eigenvalue weighted by Crippen LogP contribution is 2.29. The molecule has 1 aliphatic heterocycles. The number of halogens is 3. The van der Waals surface area contributed by atoms with Crippen molar-refractivity contribution in [3.05, 3.63) is 72.6 Å². The van der Waals surface area contributed by atoms with Crippen LogP contribution in [0, 0.1) is 0 Å². The Morgan fingerprint density at radius 3 is 2.14 bits per heavy atom. The molecule has 35 heavy (non-hydrogen) atoms. The summed E-state index contributed by atoms with van der Waals surface area (Å²) in [5.74, 6) is -0.343. The topological polar surface area (TPSA) is 66.5 Å². The number of nitrogens with one attached hydrogen (secondary N) is 2. The zero-order valence-electron chi connectivity index (χ0n) is 18.3. The quantitative estimate of drug-likeness (QED) is 0.378. The number of hydrogen-bond acceptors (Lipinski definition) is 5. The number of benzene rings is 2. The highest BCUT2D eigenvalue weighted by Gasteiger charge is 2.31. The largest absolute Gasteiger partial charge is 0.573 e. The zero-order valence-corrected chi connectivity index (χ0v) is 20.0. The van der Waals surface area contributed by atoms with Crippen LogP contribution >= 0.6 is 24.0 Å². The Morgan fingerprint density at radius 1 is 0.943 bits per heavy atom. The van der Waals surface area contributed by atoms with Crippen molar-refractivity contribution in [1.82, 2.24) is 9.88 Å². The Balaban J connectivity index is 1.31. The van der Waals surface area contributed by atoms with Gasteiger partial charge in [-0.05, 0) is 85.7 Å². The standard InChI is InChI=1S/C24H21F3N4O2S2/c25-24(26,27)33-18-7-3-16(4-8-18)29-23(34)30-17-5-9-19(10-6-17)35-20-11-12-28-21(15-20)22(32)31-13-1-2-14-31/h3-12,15H,1-2,13-14H2,(H2,29,30,34). The second-order valence-corrected chi connectivity index (χ2v) is 9.21. The number of carbonyl (C=O) groups excluding carboxylic acids is 1. The summed E-state index contributed by atoms with van der Waals surface area (Å²) < 4.78 is 40.6. The first-order valence-electron chi connectivity index (χ1n) is 10.7. The number of thiocarbonyl (C=S) groups is 1. The third kappa shape index (κ3) is 7.33. The molecule has 0 aliphatic carbocycles. The molecule has 182 valence electrons. The zero-order chi connectivity index (χ0) is 24.8. The van der Waals surface area contributed by atoms with Gasteiger partial charge in [-0.25, -0.2) is 0 Å². The summed E-state index contributed by atoms with van der Waals surface area (Å²) in [6.45, 7) is 1.56. The lowest BCUT2D eigenvalue weighted by Crippen LogP contribution is -2.28. The summed E-state index contributed by atoms with van der Waals surface area (Å²) in [4.78, 5) is 20.5. The molecule has 0 radical (unpaired) electrons. The Kier molecular flexibility index (Phi) is 7.76. The van der Waals surface area contributed by atoms with Crippen LogP contribution in [0.5, 0.6) is 5.75 Å². The third-order valence-corrected chi connectivity index (χ3v) is 6.24. The fourth-order valence-corrected chi connectivity index (χ4v) is 4.53. The number of aromatic nitrogens is 1. The Hall–Kier alpha value is -3.31. The van der Waals surface area contributed by atoms with Crippen LogP contribution in [0.15, 0.2) is 76.7 Å². The van der Waals surface area contributed by atoms with Crippen LogP contribution in [0.25, 0.3) is 0 Å². The van der Waals surface area contributed by atoms with Gasteiger partial charge in [-0.2, -0.15) is 0 Å². The summed E-state index contributed by atoms with van der Waals surface area (Å²) in [6.07, 6.45) is -1.03. The molecule has 0 spiro atoms. The number of alkyl halides is 3. The van der Waals surface area contributed by atoms with E-state index in [0.717, 1.165) is 41.4 Å². The summed E-state index contributed by atoms with van der Waals surface area (Å²) in [6, 6.07) is 16.5. The van der Waals surface area contributed by atoms with Gasteiger partial charge in [-0.1, -0.05) is 11.8 Å². The van der Waals surface area contributed by atoms with Gasteiger partial charge in [0.2, 0.25) is 0 Å². The number of ether oxygens (including phenoxy) is 1. The number of hydrogen-bond donors (Lipinski definition) is 2. The van der Waals surface area contributed by atoms with Crippen LogP contribution in [0.3, 0.4) is 0 Å². The molecule has 0 bridgehead atoms. The molecule has 11 heteroatoms. The van der Waals surface area contributed by atoms with Gasteiger partial charge < -0.3 is 20.3 Å². The van der Waals surface area contributed by atoms with Gasteiger partial charge in [0.25, 0.3) is 5.91 Å². The second-order valence-electron chi connectivity index (χ2n) is 7.65. The maximum atomic E-state index is 12.6. The first kappa shape index (κ1) is 24.8. The maximum absolute atomic E-state index is 12.6. The number of amides is 1. The van der Waals surface area contributed by atoms with Crippen molar-refractivity contribution in [2.45, 2.75) is 29.0 Å². The molecule has 2 N–H and O–H groups in total. The molecule has 6 nitrogen and oxygen atoms in total. The van der Waals surface area contributed by atoms with Crippen LogP contribution in [0.4, 0.5) is 24.5 Å². The van der Waals surface area contributed by atoms with Gasteiger partial charge in [-0.15, -0.1) is 13.2 Å². The van der Waals surface area contributed by atoms with E-state index in [2.05, 4.69) is 20.4 Å². The van der Waals surface area contributed by atoms with Gasteiger partial charge in [0.05, 0.1) is 0 Å². The predicted molar refractivity (Wildman–Crippen MR) is 133 cm³/mol. The van der Waals surface area contributed by atoms with Crippen LogP contribution in [-0.2, 0) is 0 Å². The number of rotatable bonds is 6. The van der Waals surface area contributed by atoms with Crippen LogP contribution < -0.4 is 15.4 Å². The fraction of sp³-hybridized carbons (Fsp3) is 0.208. The van der Waals surface area contributed by atoms with E-state index in [1.807, 2.05) is 41.3 Å². The molecule has 2 heterocycles. The first-order valence-corrected chi connectivity index (χ1v) is 11.9. The molecule has 3 aromatic rings. The molecule has 1 aliphatic rings. The van der Waals surface area contributed by atoms with Crippen molar-refractivity contribution in [1.29, 1.82) is 0 Å². The number of anilines is 2. The van der Waals surface area contributed by atoms with Gasteiger partial charge in [0.1, 0.15) is 11.4 Å². The van der Waals surface area contributed by atoms with Crippen molar-refractivity contribution < 1.29 is 22.7 Å². The van der Waals surface area contributed by atoms with Crippen molar-refractivity contribution in [2.75, 3.05) is 23.7 Å². The minimum Gasteiger partial charge on any atom is -0.406 e. The molecule has 0 saturated carbocycles. The average Bonchev–Trinajstić information content (AvgIpc) is 3.35. The lowest BCUT2D eigenvalue weighted by molar-refractivity contribution is -0.274. The SMILES string of the molecule is O=C(c1cc(Sc2ccc(NC(=S)Nc3ccc(OC(F)(F)F)cc3)cc2)ccn1)N1CCCC1. The molecule has 1 aromatic heterocycles. The van der Waals surface area contributed by atoms with E-state index in [0.29, 0.717) is 11.4 Å². The van der Waals surface area contributed by atoms with E-state index in [9.17, 15) is 18.0 Å². The summed E-state index contributed by atoms with van der Waals surface area (Å²) in [5, 5.41) is 6.23. The van der Waals surface area contributed by atoms with Gasteiger partial charge in [0, 0.05) is 40.5 Å². The second kappa shape index (κ2) is 11.0. The maximum Gasteiger partial charge on any atom is 0.573 e. The third-order valence-electron chi connectivity index (χ3n) is 5.04. The van der Waals surface area contributed by atoms with E-state index in [1.54, 1.807) is 6.20 Å². The van der Waals surface area contributed by atoms with E-state index >= 15 is 0 Å². The van der Waals surface area contributed by atoms with Gasteiger partial charge >= 0.3 is 6.36 Å². The lowest BCUT2D eigenvalue weighted by atomic mass is 10.3. The normalized spacial score (nSPS) is 13.4. The van der Waals surface area contributed by atoms with Crippen LogP contribution in [0.1, 0.15) is 23.3 Å². The highest BCUT2D eigenvalue weighted by molar-refractivity contribution is 7.99. The van der Waals surface area contributed by atoms with Crippen molar-refractivity contribution in [2.24, 2.45) is 0 Å². The molecule has 1 saturated heterocycles. The van der Waals surface area contributed by atoms with Crippen molar-refractivity contribution >= 4 is 46.4 Å². The first-order chi connectivity index (χ1) is 16.7. The number of nitrogens with zero attached hydrogens (tertiary/aromatic N) is 2. The Labute approximate surface area is 209 Å². The molecule has 1 fully saturated rings. The Bertz CT molecular complexity index is 1180. The molecule has 1 amide bonds. The fourth-order valence-electron chi connectivity index (χ4n) is 3.45. The number of likely N-dealkylation sites (tertiary alicyclic amines) is 1. The highest BCUT2D eigenvalue weighted by atomic mass is 32.2. The monoisotopic (exact) mass is 518 g/mol. The minimum absolute atomic E-state index is 0.0342. The van der Waals surface area contributed by atoms with Crippen LogP contribution in [0.2, 0.25) is 0 Å². The number of carbonyl (C=O) groups is 1. The van der Waals surface area contributed by atoms with E-state index in [-0.39, 0.29) is 16.8 Å². The smallest absolute Gasteiger partial charge is 0.406 e.